The van der Waals surface area contributed by atoms with E-state index in [4.69, 9.17) is 0 Å². The Labute approximate surface area is 84.2 Å². The molecule has 0 saturated heterocycles. The van der Waals surface area contributed by atoms with Crippen LogP contribution in [0, 0.1) is 6.92 Å². The number of hydrogen-bond acceptors (Lipinski definition) is 1. The maximum absolute atomic E-state index is 4.19. The quantitative estimate of drug-likeness (QED) is 0.720. The fourth-order valence-electron chi connectivity index (χ4n) is 1.53. The van der Waals surface area contributed by atoms with Gasteiger partial charge in [0.2, 0.25) is 0 Å². The number of imidazole rings is 1. The summed E-state index contributed by atoms with van der Waals surface area (Å²) in [6.45, 7) is 3.04. The molecule has 0 aliphatic carbocycles. The van der Waals surface area contributed by atoms with Crippen molar-refractivity contribution < 1.29 is 0 Å². The van der Waals surface area contributed by atoms with Crippen molar-refractivity contribution in [3.05, 3.63) is 54.1 Å². The van der Waals surface area contributed by atoms with E-state index in [1.165, 1.54) is 5.56 Å². The highest BCUT2D eigenvalue weighted by Crippen LogP contribution is 2.03. The van der Waals surface area contributed by atoms with E-state index in [0.29, 0.717) is 0 Å². The van der Waals surface area contributed by atoms with Crippen molar-refractivity contribution in [1.82, 2.24) is 9.55 Å². The van der Waals surface area contributed by atoms with Gasteiger partial charge < -0.3 is 4.57 Å². The van der Waals surface area contributed by atoms with Crippen LogP contribution < -0.4 is 0 Å². The van der Waals surface area contributed by atoms with Crippen molar-refractivity contribution in [3.8, 4) is 0 Å². The molecule has 0 aliphatic rings. The van der Waals surface area contributed by atoms with Crippen LogP contribution in [0.1, 0.15) is 11.4 Å². The van der Waals surface area contributed by atoms with E-state index in [-0.39, 0.29) is 0 Å². The fourth-order valence-corrected chi connectivity index (χ4v) is 1.53. The molecule has 1 aromatic heterocycles. The van der Waals surface area contributed by atoms with Gasteiger partial charge in [-0.3, -0.25) is 0 Å². The van der Waals surface area contributed by atoms with Crippen molar-refractivity contribution >= 4 is 0 Å². The molecule has 2 aromatic rings. The van der Waals surface area contributed by atoms with Crippen molar-refractivity contribution in [1.29, 1.82) is 0 Å². The van der Waals surface area contributed by atoms with Crippen LogP contribution in [0.4, 0.5) is 0 Å². The minimum Gasteiger partial charge on any atom is -0.335 e. The lowest BCUT2D eigenvalue weighted by molar-refractivity contribution is 0.673. The van der Waals surface area contributed by atoms with Gasteiger partial charge in [-0.2, -0.15) is 0 Å². The normalized spacial score (nSPS) is 10.4. The molecule has 0 saturated carbocycles. The highest BCUT2D eigenvalue weighted by molar-refractivity contribution is 5.14. The first-order valence-electron chi connectivity index (χ1n) is 4.88. The standard InChI is InChI=1S/C12H14N2/c1-11-13-8-10-14(11)9-7-12-5-3-2-4-6-12/h2-6,8,10H,7,9H2,1H3. The molecule has 14 heavy (non-hydrogen) atoms. The van der Waals surface area contributed by atoms with Crippen LogP contribution in [0.2, 0.25) is 0 Å². The van der Waals surface area contributed by atoms with Gasteiger partial charge in [-0.15, -0.1) is 0 Å². The average molecular weight is 186 g/mol. The summed E-state index contributed by atoms with van der Waals surface area (Å²) >= 11 is 0. The van der Waals surface area contributed by atoms with E-state index in [9.17, 15) is 0 Å². The van der Waals surface area contributed by atoms with Crippen molar-refractivity contribution in [2.45, 2.75) is 19.9 Å². The Morgan fingerprint density at radius 1 is 1.21 bits per heavy atom. The monoisotopic (exact) mass is 186 g/mol. The van der Waals surface area contributed by atoms with Gasteiger partial charge in [-0.1, -0.05) is 30.3 Å². The number of benzene rings is 1. The molecule has 0 spiro atoms. The maximum Gasteiger partial charge on any atom is 0.105 e. The molecule has 1 aromatic carbocycles. The molecular formula is C12H14N2. The van der Waals surface area contributed by atoms with E-state index in [1.54, 1.807) is 0 Å². The van der Waals surface area contributed by atoms with E-state index in [2.05, 4.69) is 33.8 Å². The van der Waals surface area contributed by atoms with Gasteiger partial charge in [-0.25, -0.2) is 4.98 Å². The summed E-state index contributed by atoms with van der Waals surface area (Å²) in [5.41, 5.74) is 1.38. The van der Waals surface area contributed by atoms with Gasteiger partial charge in [0, 0.05) is 18.9 Å². The molecule has 0 unspecified atom stereocenters. The van der Waals surface area contributed by atoms with Gasteiger partial charge in [0.05, 0.1) is 0 Å². The molecule has 0 N–H and O–H groups in total. The molecule has 0 bridgehead atoms. The summed E-state index contributed by atoms with van der Waals surface area (Å²) < 4.78 is 2.17. The van der Waals surface area contributed by atoms with Gasteiger partial charge in [0.1, 0.15) is 5.82 Å². The van der Waals surface area contributed by atoms with Gasteiger partial charge in [0.15, 0.2) is 0 Å². The minimum atomic E-state index is 1.01. The van der Waals surface area contributed by atoms with Crippen LogP contribution in [0.25, 0.3) is 0 Å². The third kappa shape index (κ3) is 2.02. The van der Waals surface area contributed by atoms with Crippen LogP contribution in [-0.4, -0.2) is 9.55 Å². The molecule has 0 aliphatic heterocycles. The van der Waals surface area contributed by atoms with Crippen LogP contribution in [-0.2, 0) is 13.0 Å². The lowest BCUT2D eigenvalue weighted by Gasteiger charge is -2.04. The summed E-state index contributed by atoms with van der Waals surface area (Å²) in [5.74, 6) is 1.08. The van der Waals surface area contributed by atoms with Crippen LogP contribution in [0.3, 0.4) is 0 Å². The lowest BCUT2D eigenvalue weighted by Crippen LogP contribution is -2.01. The maximum atomic E-state index is 4.19. The highest BCUT2D eigenvalue weighted by Gasteiger charge is 1.96. The Morgan fingerprint density at radius 3 is 2.64 bits per heavy atom. The highest BCUT2D eigenvalue weighted by atomic mass is 15.0. The molecule has 2 heteroatoms. The Hall–Kier alpha value is -1.57. The van der Waals surface area contributed by atoms with Crippen molar-refractivity contribution in [2.24, 2.45) is 0 Å². The summed E-state index contributed by atoms with van der Waals surface area (Å²) in [6.07, 6.45) is 4.94. The zero-order valence-corrected chi connectivity index (χ0v) is 8.35. The van der Waals surface area contributed by atoms with Gasteiger partial charge >= 0.3 is 0 Å². The summed E-state index contributed by atoms with van der Waals surface area (Å²) in [6, 6.07) is 10.5. The summed E-state index contributed by atoms with van der Waals surface area (Å²) in [5, 5.41) is 0. The first-order chi connectivity index (χ1) is 6.86. The second-order valence-electron chi connectivity index (χ2n) is 3.40. The van der Waals surface area contributed by atoms with Gasteiger partial charge in [-0.05, 0) is 18.9 Å². The predicted molar refractivity (Wildman–Crippen MR) is 57.1 cm³/mol. The molecular weight excluding hydrogens is 172 g/mol. The number of rotatable bonds is 3. The molecule has 2 rings (SSSR count). The van der Waals surface area contributed by atoms with Crippen molar-refractivity contribution in [2.75, 3.05) is 0 Å². The summed E-state index contributed by atoms with van der Waals surface area (Å²) in [4.78, 5) is 4.19. The molecule has 2 nitrogen and oxygen atoms in total. The first-order valence-corrected chi connectivity index (χ1v) is 4.88. The number of nitrogens with zero attached hydrogens (tertiary/aromatic N) is 2. The zero-order valence-electron chi connectivity index (χ0n) is 8.35. The fraction of sp³-hybridized carbons (Fsp3) is 0.250. The SMILES string of the molecule is Cc1nccn1CCc1ccccc1. The third-order valence-corrected chi connectivity index (χ3v) is 2.41. The topological polar surface area (TPSA) is 17.8 Å². The second kappa shape index (κ2) is 4.09. The van der Waals surface area contributed by atoms with E-state index in [1.807, 2.05) is 25.4 Å². The van der Waals surface area contributed by atoms with Crippen LogP contribution >= 0.6 is 0 Å². The molecule has 0 amide bonds. The number of aryl methyl sites for hydroxylation is 3. The third-order valence-electron chi connectivity index (χ3n) is 2.41. The predicted octanol–water partition coefficient (Wildman–Crippen LogP) is 2.43. The first kappa shape index (κ1) is 9.00. The van der Waals surface area contributed by atoms with E-state index in [0.717, 1.165) is 18.8 Å². The average Bonchev–Trinajstić information content (AvgIpc) is 2.63. The molecule has 0 radical (unpaired) electrons. The molecule has 0 fully saturated rings. The van der Waals surface area contributed by atoms with E-state index < -0.39 is 0 Å². The smallest absolute Gasteiger partial charge is 0.105 e. The zero-order chi connectivity index (χ0) is 9.80. The Kier molecular flexibility index (Phi) is 2.63. The minimum absolute atomic E-state index is 1.01. The largest absolute Gasteiger partial charge is 0.335 e. The number of aromatic nitrogens is 2. The van der Waals surface area contributed by atoms with Crippen LogP contribution in [0.5, 0.6) is 0 Å². The van der Waals surface area contributed by atoms with Crippen molar-refractivity contribution in [3.63, 3.8) is 0 Å². The Balaban J connectivity index is 1.99. The molecule has 1 heterocycles. The number of hydrogen-bond donors (Lipinski definition) is 0. The molecule has 72 valence electrons. The molecule has 0 atom stereocenters. The van der Waals surface area contributed by atoms with E-state index >= 15 is 0 Å². The Morgan fingerprint density at radius 2 is 2.00 bits per heavy atom. The second-order valence-corrected chi connectivity index (χ2v) is 3.40. The summed E-state index contributed by atoms with van der Waals surface area (Å²) in [7, 11) is 0. The van der Waals surface area contributed by atoms with Gasteiger partial charge in [0.25, 0.3) is 0 Å². The van der Waals surface area contributed by atoms with Crippen LogP contribution in [0.15, 0.2) is 42.7 Å². The Bertz CT molecular complexity index is 390. The lowest BCUT2D eigenvalue weighted by atomic mass is 10.1.